The van der Waals surface area contributed by atoms with Crippen molar-refractivity contribution in [1.29, 1.82) is 0 Å². The highest BCUT2D eigenvalue weighted by Gasteiger charge is 2.22. The molecule has 0 unspecified atom stereocenters. The summed E-state index contributed by atoms with van der Waals surface area (Å²) in [6.07, 6.45) is 3.36. The van der Waals surface area contributed by atoms with Crippen LogP contribution in [0.3, 0.4) is 0 Å². The van der Waals surface area contributed by atoms with E-state index in [1.807, 2.05) is 5.38 Å². The summed E-state index contributed by atoms with van der Waals surface area (Å²) in [5, 5.41) is 15.3. The monoisotopic (exact) mass is 463 g/mol. The molecule has 0 aliphatic rings. The average Bonchev–Trinajstić information content (AvgIpc) is 3.39. The lowest BCUT2D eigenvalue weighted by atomic mass is 10.0. The van der Waals surface area contributed by atoms with Gasteiger partial charge in [-0.1, -0.05) is 0 Å². The SMILES string of the molecule is COc1cc(C(=O)c2cc(-c3nccs3)cnc2Nc2ccc(O)cc2)cc(OC)c1OC. The number of aromatic nitrogens is 2. The van der Waals surface area contributed by atoms with Gasteiger partial charge < -0.3 is 24.6 Å². The highest BCUT2D eigenvalue weighted by molar-refractivity contribution is 7.13. The first-order valence-corrected chi connectivity index (χ1v) is 10.7. The van der Waals surface area contributed by atoms with E-state index in [0.717, 1.165) is 10.6 Å². The number of rotatable bonds is 8. The van der Waals surface area contributed by atoms with Crippen LogP contribution in [-0.4, -0.2) is 42.2 Å². The number of anilines is 2. The van der Waals surface area contributed by atoms with E-state index < -0.39 is 0 Å². The predicted octanol–water partition coefficient (Wildman–Crippen LogP) is 4.91. The lowest BCUT2D eigenvalue weighted by Crippen LogP contribution is -2.09. The molecule has 33 heavy (non-hydrogen) atoms. The zero-order valence-corrected chi connectivity index (χ0v) is 19.0. The van der Waals surface area contributed by atoms with Gasteiger partial charge in [0.15, 0.2) is 17.3 Å². The van der Waals surface area contributed by atoms with Gasteiger partial charge >= 0.3 is 0 Å². The molecule has 4 aromatic rings. The molecule has 0 amide bonds. The van der Waals surface area contributed by atoms with E-state index in [-0.39, 0.29) is 11.5 Å². The van der Waals surface area contributed by atoms with Crippen LogP contribution >= 0.6 is 11.3 Å². The quantitative estimate of drug-likeness (QED) is 0.281. The highest BCUT2D eigenvalue weighted by atomic mass is 32.1. The topological polar surface area (TPSA) is 103 Å². The van der Waals surface area contributed by atoms with E-state index in [2.05, 4.69) is 15.3 Å². The van der Waals surface area contributed by atoms with Crippen molar-refractivity contribution >= 4 is 28.6 Å². The normalized spacial score (nSPS) is 10.5. The van der Waals surface area contributed by atoms with E-state index in [9.17, 15) is 9.90 Å². The molecule has 0 radical (unpaired) electrons. The third-order valence-corrected chi connectivity index (χ3v) is 5.69. The van der Waals surface area contributed by atoms with Gasteiger partial charge in [-0.15, -0.1) is 11.3 Å². The Bertz CT molecular complexity index is 1250. The maximum absolute atomic E-state index is 13.7. The summed E-state index contributed by atoms with van der Waals surface area (Å²) < 4.78 is 16.2. The minimum absolute atomic E-state index is 0.140. The van der Waals surface area contributed by atoms with Gasteiger partial charge in [-0.2, -0.15) is 0 Å². The molecule has 2 aromatic carbocycles. The Kier molecular flexibility index (Phi) is 6.41. The van der Waals surface area contributed by atoms with Crippen LogP contribution in [0.1, 0.15) is 15.9 Å². The van der Waals surface area contributed by atoms with Crippen LogP contribution in [0.5, 0.6) is 23.0 Å². The molecular weight excluding hydrogens is 442 g/mol. The molecule has 2 heterocycles. The van der Waals surface area contributed by atoms with Gasteiger partial charge in [-0.05, 0) is 42.5 Å². The van der Waals surface area contributed by atoms with Crippen molar-refractivity contribution in [3.63, 3.8) is 0 Å². The third-order valence-electron chi connectivity index (χ3n) is 4.87. The number of nitrogens with one attached hydrogen (secondary N) is 1. The number of benzene rings is 2. The van der Waals surface area contributed by atoms with Gasteiger partial charge in [0.1, 0.15) is 16.6 Å². The molecule has 4 rings (SSSR count). The van der Waals surface area contributed by atoms with E-state index in [1.54, 1.807) is 54.9 Å². The Morgan fingerprint density at radius 2 is 1.67 bits per heavy atom. The molecule has 168 valence electrons. The number of hydrogen-bond acceptors (Lipinski definition) is 9. The van der Waals surface area contributed by atoms with Gasteiger partial charge in [0.05, 0.1) is 26.9 Å². The molecule has 0 atom stereocenters. The smallest absolute Gasteiger partial charge is 0.203 e. The summed E-state index contributed by atoms with van der Waals surface area (Å²) in [7, 11) is 4.49. The molecule has 0 saturated carbocycles. The number of phenolic OH excluding ortho intramolecular Hbond substituents is 1. The van der Waals surface area contributed by atoms with Crippen LogP contribution in [0.2, 0.25) is 0 Å². The number of aromatic hydroxyl groups is 1. The van der Waals surface area contributed by atoms with Gasteiger partial charge in [-0.25, -0.2) is 9.97 Å². The molecule has 0 aliphatic carbocycles. The molecule has 0 aliphatic heterocycles. The molecule has 0 spiro atoms. The second kappa shape index (κ2) is 9.58. The van der Waals surface area contributed by atoms with E-state index in [0.29, 0.717) is 39.9 Å². The maximum Gasteiger partial charge on any atom is 0.203 e. The summed E-state index contributed by atoms with van der Waals surface area (Å²) in [5.41, 5.74) is 2.07. The van der Waals surface area contributed by atoms with Crippen molar-refractivity contribution in [2.45, 2.75) is 0 Å². The van der Waals surface area contributed by atoms with Crippen molar-refractivity contribution in [3.05, 3.63) is 71.4 Å². The summed E-state index contributed by atoms with van der Waals surface area (Å²) in [6.45, 7) is 0. The van der Waals surface area contributed by atoms with Crippen molar-refractivity contribution in [3.8, 4) is 33.6 Å². The second-order valence-electron chi connectivity index (χ2n) is 6.87. The summed E-state index contributed by atoms with van der Waals surface area (Å²) >= 11 is 1.45. The zero-order valence-electron chi connectivity index (χ0n) is 18.2. The van der Waals surface area contributed by atoms with Crippen molar-refractivity contribution < 1.29 is 24.1 Å². The Morgan fingerprint density at radius 1 is 0.970 bits per heavy atom. The first-order chi connectivity index (χ1) is 16.0. The number of carbonyl (C=O) groups excluding carboxylic acids is 1. The first-order valence-electron chi connectivity index (χ1n) is 9.84. The number of methoxy groups -OCH3 is 3. The molecule has 9 heteroatoms. The standard InChI is InChI=1S/C24H21N3O5S/c1-30-19-11-14(12-20(31-2)22(19)32-3)21(29)18-10-15(24-25-8-9-33-24)13-26-23(18)27-16-4-6-17(28)7-5-16/h4-13,28H,1-3H3,(H,26,27). The van der Waals surface area contributed by atoms with Gasteiger partial charge in [0.2, 0.25) is 5.75 Å². The summed E-state index contributed by atoms with van der Waals surface area (Å²) in [4.78, 5) is 22.5. The fourth-order valence-electron chi connectivity index (χ4n) is 3.27. The average molecular weight is 464 g/mol. The third kappa shape index (κ3) is 4.58. The van der Waals surface area contributed by atoms with Crippen LogP contribution in [-0.2, 0) is 0 Å². The Labute approximate surface area is 194 Å². The molecule has 8 nitrogen and oxygen atoms in total. The number of hydrogen-bond donors (Lipinski definition) is 2. The van der Waals surface area contributed by atoms with Crippen molar-refractivity contribution in [2.75, 3.05) is 26.6 Å². The van der Waals surface area contributed by atoms with Gasteiger partial charge in [-0.3, -0.25) is 4.79 Å². The number of phenols is 1. The van der Waals surface area contributed by atoms with E-state index in [1.165, 1.54) is 32.7 Å². The van der Waals surface area contributed by atoms with E-state index >= 15 is 0 Å². The van der Waals surface area contributed by atoms with Crippen LogP contribution in [0, 0.1) is 0 Å². The Morgan fingerprint density at radius 3 is 2.24 bits per heavy atom. The minimum atomic E-state index is -0.290. The second-order valence-corrected chi connectivity index (χ2v) is 7.77. The van der Waals surface area contributed by atoms with Crippen LogP contribution < -0.4 is 19.5 Å². The molecule has 2 N–H and O–H groups in total. The number of nitrogens with zero attached hydrogens (tertiary/aromatic N) is 2. The minimum Gasteiger partial charge on any atom is -0.508 e. The molecule has 0 fully saturated rings. The lowest BCUT2D eigenvalue weighted by molar-refractivity contribution is 0.103. The molecule has 0 bridgehead atoms. The highest BCUT2D eigenvalue weighted by Crippen LogP contribution is 2.39. The Balaban J connectivity index is 1.82. The fraction of sp³-hybridized carbons (Fsp3) is 0.125. The number of ketones is 1. The largest absolute Gasteiger partial charge is 0.508 e. The zero-order chi connectivity index (χ0) is 23.4. The van der Waals surface area contributed by atoms with Crippen molar-refractivity contribution in [1.82, 2.24) is 9.97 Å². The maximum atomic E-state index is 13.7. The van der Waals surface area contributed by atoms with Gasteiger partial charge in [0.25, 0.3) is 0 Å². The Hall–Kier alpha value is -4.11. The van der Waals surface area contributed by atoms with E-state index in [4.69, 9.17) is 14.2 Å². The molecular formula is C24H21N3O5S. The van der Waals surface area contributed by atoms with Crippen LogP contribution in [0.15, 0.2) is 60.2 Å². The first kappa shape index (κ1) is 22.1. The lowest BCUT2D eigenvalue weighted by Gasteiger charge is -2.15. The van der Waals surface area contributed by atoms with Crippen LogP contribution in [0.4, 0.5) is 11.5 Å². The molecule has 2 aromatic heterocycles. The summed E-state index contributed by atoms with van der Waals surface area (Å²) in [5.74, 6) is 1.35. The predicted molar refractivity (Wildman–Crippen MR) is 126 cm³/mol. The number of ether oxygens (including phenoxy) is 3. The number of thiazole rings is 1. The van der Waals surface area contributed by atoms with Gasteiger partial charge in [0, 0.05) is 34.6 Å². The summed E-state index contributed by atoms with van der Waals surface area (Å²) in [6, 6.07) is 11.4. The van der Waals surface area contributed by atoms with Crippen molar-refractivity contribution in [2.24, 2.45) is 0 Å². The fourth-order valence-corrected chi connectivity index (χ4v) is 3.89. The number of carbonyl (C=O) groups is 1. The number of pyridine rings is 1. The molecule has 0 saturated heterocycles. The van der Waals surface area contributed by atoms with Crippen LogP contribution in [0.25, 0.3) is 10.6 Å².